The van der Waals surface area contributed by atoms with Gasteiger partial charge in [-0.05, 0) is 7.05 Å². The molecule has 0 saturated carbocycles. The third-order valence-electron chi connectivity index (χ3n) is 1.74. The maximum Gasteiger partial charge on any atom is 0.409 e. The fourth-order valence-corrected chi connectivity index (χ4v) is 0.893. The molecule has 0 spiro atoms. The predicted molar refractivity (Wildman–Crippen MR) is 66.3 cm³/mol. The van der Waals surface area contributed by atoms with Crippen LogP contribution in [0.4, 0.5) is 0 Å². The van der Waals surface area contributed by atoms with E-state index in [1.54, 1.807) is 7.05 Å². The van der Waals surface area contributed by atoms with Crippen LogP contribution in [0.25, 0.3) is 0 Å². The Morgan fingerprint density at radius 1 is 1.12 bits per heavy atom. The summed E-state index contributed by atoms with van der Waals surface area (Å²) in [5.41, 5.74) is 0. The van der Waals surface area contributed by atoms with Gasteiger partial charge >= 0.3 is 18.7 Å². The molecule has 0 saturated heterocycles. The van der Waals surface area contributed by atoms with Gasteiger partial charge in [0.1, 0.15) is 18.3 Å². The van der Waals surface area contributed by atoms with Gasteiger partial charge in [0.15, 0.2) is 0 Å². The molecule has 0 aliphatic heterocycles. The lowest BCUT2D eigenvalue weighted by Gasteiger charge is -2.25. The molecule has 8 nitrogen and oxygen atoms in total. The minimum atomic E-state index is -3.29. The first-order chi connectivity index (χ1) is 7.77. The van der Waals surface area contributed by atoms with Gasteiger partial charge < -0.3 is 30.8 Å². The predicted octanol–water partition coefficient (Wildman–Crippen LogP) is -2.02. The van der Waals surface area contributed by atoms with Gasteiger partial charge in [-0.2, -0.15) is 0 Å². The third-order valence-corrected chi connectivity index (χ3v) is 1.74. The molecule has 0 amide bonds. The zero-order valence-corrected chi connectivity index (χ0v) is 11.9. The van der Waals surface area contributed by atoms with Crippen molar-refractivity contribution in [1.29, 1.82) is 0 Å². The number of aliphatic hydroxyl groups is 5. The van der Waals surface area contributed by atoms with Crippen molar-refractivity contribution < 1.29 is 31.7 Å². The molecule has 0 heterocycles. The molecule has 0 aromatic carbocycles. The van der Waals surface area contributed by atoms with Crippen molar-refractivity contribution in [2.24, 2.45) is 0 Å². The van der Waals surface area contributed by atoms with E-state index in [0.717, 1.165) is 0 Å². The maximum absolute atomic E-state index is 9.21. The largest absolute Gasteiger partial charge is 0.409 e. The van der Waals surface area contributed by atoms with Crippen LogP contribution in [0.3, 0.4) is 0 Å². The molecule has 4 atom stereocenters. The number of hydrogen-bond acceptors (Lipinski definition) is 8. The van der Waals surface area contributed by atoms with Crippen molar-refractivity contribution in [2.45, 2.75) is 24.4 Å². The summed E-state index contributed by atoms with van der Waals surface area (Å²) in [5, 5.41) is 47.5. The minimum absolute atomic E-state index is 0.0936. The summed E-state index contributed by atoms with van der Waals surface area (Å²) in [4.78, 5) is 0. The standard InChI is InChI=1S/C7H17NO5.ClIO2/c1-8-2-4(10)6(12)7(13)5(11)3-9;1-2(3)4/h4-13H,2-3H2,1H3;/t4-,5+,6+,7+;/m0./s1. The summed E-state index contributed by atoms with van der Waals surface area (Å²) >= 11 is -3.29. The highest BCUT2D eigenvalue weighted by molar-refractivity contribution is 14.2. The molecule has 0 aliphatic rings. The highest BCUT2D eigenvalue weighted by Gasteiger charge is 2.29. The second-order valence-electron chi connectivity index (χ2n) is 3.04. The van der Waals surface area contributed by atoms with Gasteiger partial charge in [-0.3, -0.25) is 0 Å². The normalized spacial score (nSPS) is 17.9. The van der Waals surface area contributed by atoms with Gasteiger partial charge in [0.05, 0.1) is 12.7 Å². The first-order valence-corrected chi connectivity index (χ1v) is 8.96. The number of likely N-dealkylation sites (N-methyl/N-ethyl adjacent to an activating group) is 1. The smallest absolute Gasteiger partial charge is 0.394 e. The second kappa shape index (κ2) is 11.5. The van der Waals surface area contributed by atoms with Crippen LogP contribution < -0.4 is 5.32 Å². The fourth-order valence-electron chi connectivity index (χ4n) is 0.893. The van der Waals surface area contributed by atoms with Crippen molar-refractivity contribution in [3.63, 3.8) is 0 Å². The molecule has 6 N–H and O–H groups in total. The molecular formula is C7H17ClINO7. The van der Waals surface area contributed by atoms with E-state index in [2.05, 4.69) is 14.2 Å². The lowest BCUT2D eigenvalue weighted by atomic mass is 10.0. The highest BCUT2D eigenvalue weighted by Crippen LogP contribution is 2.07. The van der Waals surface area contributed by atoms with Crippen LogP contribution in [0.5, 0.6) is 0 Å². The van der Waals surface area contributed by atoms with Gasteiger partial charge in [-0.25, -0.2) is 6.14 Å². The number of aliphatic hydroxyl groups excluding tert-OH is 5. The molecule has 0 aromatic rings. The summed E-state index contributed by atoms with van der Waals surface area (Å²) in [6.45, 7) is -0.569. The SMILES string of the molecule is CNC[C@H](O)[C@@H](O)[C@H](O)[C@H](O)CO.O=I(=O)Cl. The zero-order chi connectivity index (χ0) is 14.0. The first-order valence-electron chi connectivity index (χ1n) is 4.47. The van der Waals surface area contributed by atoms with Crippen LogP contribution in [0, 0.1) is 0 Å². The van der Waals surface area contributed by atoms with E-state index in [0.29, 0.717) is 0 Å². The van der Waals surface area contributed by atoms with E-state index >= 15 is 0 Å². The number of rotatable bonds is 6. The molecule has 0 rings (SSSR count). The van der Waals surface area contributed by atoms with E-state index in [-0.39, 0.29) is 6.54 Å². The molecule has 106 valence electrons. The molecule has 0 aliphatic carbocycles. The quantitative estimate of drug-likeness (QED) is 0.285. The Balaban J connectivity index is 0. The van der Waals surface area contributed by atoms with Crippen LogP contribution >= 0.6 is 27.6 Å². The summed E-state index contributed by atoms with van der Waals surface area (Å²) < 4.78 is 17.8. The van der Waals surface area contributed by atoms with Crippen molar-refractivity contribution in [2.75, 3.05) is 20.2 Å². The Morgan fingerprint density at radius 2 is 1.47 bits per heavy atom. The van der Waals surface area contributed by atoms with E-state index in [9.17, 15) is 5.11 Å². The second-order valence-corrected chi connectivity index (χ2v) is 5.63. The summed E-state index contributed by atoms with van der Waals surface area (Å²) in [6.07, 6.45) is -5.65. The van der Waals surface area contributed by atoms with Crippen LogP contribution in [0.15, 0.2) is 0 Å². The fraction of sp³-hybridized carbons (Fsp3) is 1.00. The van der Waals surface area contributed by atoms with Gasteiger partial charge in [0, 0.05) is 15.5 Å². The van der Waals surface area contributed by atoms with Gasteiger partial charge in [0.25, 0.3) is 0 Å². The first kappa shape index (κ1) is 19.7. The molecule has 0 aromatic heterocycles. The molecule has 0 fully saturated rings. The summed E-state index contributed by atoms with van der Waals surface area (Å²) in [6, 6.07) is 0. The Labute approximate surface area is 109 Å². The number of halogens is 2. The topological polar surface area (TPSA) is 147 Å². The van der Waals surface area contributed by atoms with Crippen molar-refractivity contribution >= 4 is 27.6 Å². The van der Waals surface area contributed by atoms with Crippen molar-refractivity contribution in [1.82, 2.24) is 5.32 Å². The lowest BCUT2D eigenvalue weighted by molar-refractivity contribution is -0.113. The highest BCUT2D eigenvalue weighted by atomic mass is 127. The molecule has 0 unspecified atom stereocenters. The number of nitrogens with one attached hydrogen (secondary N) is 1. The van der Waals surface area contributed by atoms with E-state index in [1.807, 2.05) is 0 Å². The summed E-state index contributed by atoms with van der Waals surface area (Å²) in [5.74, 6) is 0. The Hall–Kier alpha value is 0.380. The monoisotopic (exact) mass is 389 g/mol. The minimum Gasteiger partial charge on any atom is -0.394 e. The van der Waals surface area contributed by atoms with Crippen molar-refractivity contribution in [3.05, 3.63) is 0 Å². The van der Waals surface area contributed by atoms with E-state index < -0.39 is 49.7 Å². The maximum atomic E-state index is 9.21. The molecule has 10 heteroatoms. The van der Waals surface area contributed by atoms with Crippen molar-refractivity contribution in [3.8, 4) is 0 Å². The molecular weight excluding hydrogens is 372 g/mol. The van der Waals surface area contributed by atoms with Crippen LogP contribution in [-0.2, 0) is 6.14 Å². The average molecular weight is 390 g/mol. The third kappa shape index (κ3) is 11.2. The van der Waals surface area contributed by atoms with E-state index in [1.165, 1.54) is 0 Å². The van der Waals surface area contributed by atoms with Gasteiger partial charge in [0.2, 0.25) is 0 Å². The van der Waals surface area contributed by atoms with Crippen LogP contribution in [0.2, 0.25) is 0 Å². The molecule has 0 bridgehead atoms. The van der Waals surface area contributed by atoms with Crippen LogP contribution in [0.1, 0.15) is 0 Å². The Kier molecular flexibility index (Phi) is 13.3. The molecule has 17 heavy (non-hydrogen) atoms. The van der Waals surface area contributed by atoms with E-state index in [4.69, 9.17) is 26.6 Å². The van der Waals surface area contributed by atoms with Crippen LogP contribution in [-0.4, -0.2) is 70.1 Å². The average Bonchev–Trinajstić information content (AvgIpc) is 2.25. The van der Waals surface area contributed by atoms with Gasteiger partial charge in [-0.1, -0.05) is 0 Å². The number of hydrogen-bond donors (Lipinski definition) is 6. The molecule has 0 radical (unpaired) electrons. The Morgan fingerprint density at radius 3 is 1.76 bits per heavy atom. The lowest BCUT2D eigenvalue weighted by Crippen LogP contribution is -2.48. The summed E-state index contributed by atoms with van der Waals surface area (Å²) in [7, 11) is 5.89. The van der Waals surface area contributed by atoms with Gasteiger partial charge in [-0.15, -0.1) is 0 Å². The Bertz CT molecular complexity index is 244. The zero-order valence-electron chi connectivity index (χ0n) is 9.03.